The van der Waals surface area contributed by atoms with Crippen LogP contribution >= 0.6 is 23.2 Å². The van der Waals surface area contributed by atoms with Crippen LogP contribution in [0.2, 0.25) is 10.0 Å². The Balaban J connectivity index is 1.99. The minimum atomic E-state index is -0.125. The Bertz CT molecular complexity index is 735. The molecule has 1 N–H and O–H groups in total. The van der Waals surface area contributed by atoms with Crippen molar-refractivity contribution in [2.45, 2.75) is 13.5 Å². The molecule has 0 bridgehead atoms. The summed E-state index contributed by atoms with van der Waals surface area (Å²) in [5, 5.41) is 3.91. The van der Waals surface area contributed by atoms with Crippen molar-refractivity contribution < 1.29 is 9.53 Å². The minimum absolute atomic E-state index is 0.125. The third-order valence-electron chi connectivity index (χ3n) is 3.51. The highest BCUT2D eigenvalue weighted by molar-refractivity contribution is 6.42. The van der Waals surface area contributed by atoms with Crippen LogP contribution in [0.1, 0.15) is 11.1 Å². The first-order chi connectivity index (χ1) is 11.4. The number of anilines is 1. The van der Waals surface area contributed by atoms with Gasteiger partial charge >= 0.3 is 0 Å². The summed E-state index contributed by atoms with van der Waals surface area (Å²) in [4.78, 5) is 14.1. The first-order valence-electron chi connectivity index (χ1n) is 7.46. The summed E-state index contributed by atoms with van der Waals surface area (Å²) in [6.45, 7) is 2.71. The normalized spacial score (nSPS) is 10.8. The number of hydrogen-bond donors (Lipinski definition) is 1. The Morgan fingerprint density at radius 3 is 2.71 bits per heavy atom. The predicted octanol–water partition coefficient (Wildman–Crippen LogP) is 4.38. The van der Waals surface area contributed by atoms with Gasteiger partial charge in [0, 0.05) is 6.54 Å². The molecule has 0 heterocycles. The number of nitrogens with zero attached hydrogens (tertiary/aromatic N) is 1. The van der Waals surface area contributed by atoms with Crippen LogP contribution in [-0.4, -0.2) is 31.5 Å². The van der Waals surface area contributed by atoms with Crippen LogP contribution in [0.3, 0.4) is 0 Å². The van der Waals surface area contributed by atoms with E-state index in [4.69, 9.17) is 27.9 Å². The molecule has 0 aromatic heterocycles. The van der Waals surface area contributed by atoms with Gasteiger partial charge in [0.05, 0.1) is 29.4 Å². The largest absolute Gasteiger partial charge is 0.495 e. The zero-order valence-electron chi connectivity index (χ0n) is 13.9. The van der Waals surface area contributed by atoms with E-state index in [-0.39, 0.29) is 12.5 Å². The van der Waals surface area contributed by atoms with Crippen LogP contribution in [0.4, 0.5) is 5.69 Å². The number of hydrogen-bond acceptors (Lipinski definition) is 3. The van der Waals surface area contributed by atoms with E-state index in [1.165, 1.54) is 0 Å². The molecule has 0 saturated carbocycles. The van der Waals surface area contributed by atoms with E-state index < -0.39 is 0 Å². The van der Waals surface area contributed by atoms with E-state index in [9.17, 15) is 4.79 Å². The molecule has 0 atom stereocenters. The fourth-order valence-electron chi connectivity index (χ4n) is 2.37. The number of methoxy groups -OCH3 is 1. The molecule has 2 aromatic carbocycles. The highest BCUT2D eigenvalue weighted by atomic mass is 35.5. The number of halogens is 2. The van der Waals surface area contributed by atoms with Gasteiger partial charge in [0.1, 0.15) is 5.75 Å². The Morgan fingerprint density at radius 1 is 1.25 bits per heavy atom. The molecular weight excluding hydrogens is 347 g/mol. The van der Waals surface area contributed by atoms with Gasteiger partial charge in [0.15, 0.2) is 0 Å². The first kappa shape index (κ1) is 18.6. The number of likely N-dealkylation sites (N-methyl/N-ethyl adjacent to an activating group) is 1. The van der Waals surface area contributed by atoms with E-state index in [2.05, 4.69) is 5.32 Å². The Hall–Kier alpha value is -1.75. The summed E-state index contributed by atoms with van der Waals surface area (Å²) in [5.74, 6) is 0.508. The van der Waals surface area contributed by atoms with Gasteiger partial charge in [0.25, 0.3) is 0 Å². The molecule has 2 aromatic rings. The van der Waals surface area contributed by atoms with Gasteiger partial charge in [0.2, 0.25) is 5.91 Å². The van der Waals surface area contributed by atoms with Crippen molar-refractivity contribution in [1.29, 1.82) is 0 Å². The molecule has 0 unspecified atom stereocenters. The second-order valence-electron chi connectivity index (χ2n) is 5.64. The lowest BCUT2D eigenvalue weighted by molar-refractivity contribution is -0.117. The summed E-state index contributed by atoms with van der Waals surface area (Å²) in [7, 11) is 3.43. The van der Waals surface area contributed by atoms with Gasteiger partial charge in [-0.25, -0.2) is 0 Å². The maximum atomic E-state index is 12.3. The molecule has 0 aliphatic heterocycles. The fourth-order valence-corrected chi connectivity index (χ4v) is 2.75. The molecule has 4 nitrogen and oxygen atoms in total. The van der Waals surface area contributed by atoms with Crippen LogP contribution in [-0.2, 0) is 11.3 Å². The van der Waals surface area contributed by atoms with E-state index in [0.717, 1.165) is 11.1 Å². The third-order valence-corrected chi connectivity index (χ3v) is 4.37. The summed E-state index contributed by atoms with van der Waals surface area (Å²) >= 11 is 12.2. The monoisotopic (exact) mass is 366 g/mol. The van der Waals surface area contributed by atoms with Crippen molar-refractivity contribution >= 4 is 34.8 Å². The number of ether oxygens (including phenoxy) is 1. The van der Waals surface area contributed by atoms with Crippen molar-refractivity contribution in [2.75, 3.05) is 26.0 Å². The van der Waals surface area contributed by atoms with Gasteiger partial charge < -0.3 is 10.1 Å². The fraction of sp³-hybridized carbons (Fsp3) is 0.278. The standard InChI is InChI=1S/C18H20Cl2N2O2/c1-12-7-8-16(24-3)15(9-12)21-17(23)11-22(2)10-13-5-4-6-14(19)18(13)20/h4-9H,10-11H2,1-3H3,(H,21,23). The molecule has 0 saturated heterocycles. The third kappa shape index (κ3) is 4.87. The summed E-state index contributed by atoms with van der Waals surface area (Å²) in [5.41, 5.74) is 2.59. The average Bonchev–Trinajstić information content (AvgIpc) is 2.52. The smallest absolute Gasteiger partial charge is 0.238 e. The van der Waals surface area contributed by atoms with Crippen LogP contribution in [0.25, 0.3) is 0 Å². The van der Waals surface area contributed by atoms with E-state index in [1.54, 1.807) is 13.2 Å². The summed E-state index contributed by atoms with van der Waals surface area (Å²) < 4.78 is 5.27. The Morgan fingerprint density at radius 2 is 2.00 bits per heavy atom. The predicted molar refractivity (Wildman–Crippen MR) is 99.2 cm³/mol. The SMILES string of the molecule is COc1ccc(C)cc1NC(=O)CN(C)Cc1cccc(Cl)c1Cl. The number of amides is 1. The van der Waals surface area contributed by atoms with Gasteiger partial charge in [-0.2, -0.15) is 0 Å². The Labute approximate surface area is 152 Å². The lowest BCUT2D eigenvalue weighted by Gasteiger charge is -2.18. The quantitative estimate of drug-likeness (QED) is 0.824. The number of rotatable bonds is 6. The average molecular weight is 367 g/mol. The lowest BCUT2D eigenvalue weighted by atomic mass is 10.2. The number of carbonyl (C=O) groups excluding carboxylic acids is 1. The molecule has 0 aliphatic carbocycles. The van der Waals surface area contributed by atoms with Crippen molar-refractivity contribution in [3.8, 4) is 5.75 Å². The van der Waals surface area contributed by atoms with Gasteiger partial charge in [-0.05, 0) is 43.3 Å². The number of nitrogens with one attached hydrogen (secondary N) is 1. The minimum Gasteiger partial charge on any atom is -0.495 e. The number of carbonyl (C=O) groups is 1. The molecule has 0 fully saturated rings. The van der Waals surface area contributed by atoms with Crippen molar-refractivity contribution in [3.63, 3.8) is 0 Å². The highest BCUT2D eigenvalue weighted by Gasteiger charge is 2.12. The summed E-state index contributed by atoms with van der Waals surface area (Å²) in [6, 6.07) is 11.1. The van der Waals surface area contributed by atoms with Crippen molar-refractivity contribution in [1.82, 2.24) is 4.90 Å². The van der Waals surface area contributed by atoms with Gasteiger partial charge in [-0.15, -0.1) is 0 Å². The van der Waals surface area contributed by atoms with Gasteiger partial charge in [-0.3, -0.25) is 9.69 Å². The molecule has 0 aliphatic rings. The van der Waals surface area contributed by atoms with Crippen molar-refractivity contribution in [3.05, 3.63) is 57.6 Å². The summed E-state index contributed by atoms with van der Waals surface area (Å²) in [6.07, 6.45) is 0. The molecule has 0 spiro atoms. The maximum absolute atomic E-state index is 12.3. The van der Waals surface area contributed by atoms with E-state index in [1.807, 2.05) is 49.2 Å². The molecule has 1 amide bonds. The van der Waals surface area contributed by atoms with E-state index in [0.29, 0.717) is 28.0 Å². The molecule has 128 valence electrons. The number of aryl methyl sites for hydroxylation is 1. The topological polar surface area (TPSA) is 41.6 Å². The first-order valence-corrected chi connectivity index (χ1v) is 8.22. The van der Waals surface area contributed by atoms with Gasteiger partial charge in [-0.1, -0.05) is 41.4 Å². The molecule has 0 radical (unpaired) electrons. The second kappa shape index (κ2) is 8.38. The molecule has 24 heavy (non-hydrogen) atoms. The Kier molecular flexibility index (Phi) is 6.49. The second-order valence-corrected chi connectivity index (χ2v) is 6.42. The maximum Gasteiger partial charge on any atom is 0.238 e. The molecule has 2 rings (SSSR count). The van der Waals surface area contributed by atoms with E-state index >= 15 is 0 Å². The molecule has 6 heteroatoms. The molecular formula is C18H20Cl2N2O2. The van der Waals surface area contributed by atoms with Crippen molar-refractivity contribution in [2.24, 2.45) is 0 Å². The van der Waals surface area contributed by atoms with Crippen LogP contribution < -0.4 is 10.1 Å². The van der Waals surface area contributed by atoms with Crippen LogP contribution in [0.15, 0.2) is 36.4 Å². The lowest BCUT2D eigenvalue weighted by Crippen LogP contribution is -2.30. The zero-order chi connectivity index (χ0) is 17.7. The zero-order valence-corrected chi connectivity index (χ0v) is 15.4. The number of benzene rings is 2. The highest BCUT2D eigenvalue weighted by Crippen LogP contribution is 2.27. The van der Waals surface area contributed by atoms with Crippen LogP contribution in [0.5, 0.6) is 5.75 Å². The van der Waals surface area contributed by atoms with Crippen LogP contribution in [0, 0.1) is 6.92 Å².